The summed E-state index contributed by atoms with van der Waals surface area (Å²) in [5.74, 6) is -0.875. The van der Waals surface area contributed by atoms with Crippen LogP contribution in [0.15, 0.2) is 57.7 Å². The molecule has 1 heterocycles. The zero-order chi connectivity index (χ0) is 27.5. The van der Waals surface area contributed by atoms with Crippen molar-refractivity contribution in [3.8, 4) is 5.75 Å². The second-order valence-corrected chi connectivity index (χ2v) is 10.2. The quantitative estimate of drug-likeness (QED) is 0.378. The number of methoxy groups -OCH3 is 1. The predicted octanol–water partition coefficient (Wildman–Crippen LogP) is 5.81. The number of rotatable bonds is 8. The topological polar surface area (TPSA) is 110 Å². The number of para-hydroxylation sites is 1. The predicted molar refractivity (Wildman–Crippen MR) is 143 cm³/mol. The Kier molecular flexibility index (Phi) is 8.15. The second kappa shape index (κ2) is 10.9. The molecule has 0 aliphatic rings. The van der Waals surface area contributed by atoms with E-state index in [2.05, 4.69) is 0 Å². The Balaban J connectivity index is 2.21. The van der Waals surface area contributed by atoms with E-state index in [0.29, 0.717) is 28.1 Å². The van der Waals surface area contributed by atoms with Gasteiger partial charge in [-0.1, -0.05) is 26.0 Å². The van der Waals surface area contributed by atoms with Crippen molar-refractivity contribution in [2.75, 3.05) is 24.0 Å². The third kappa shape index (κ3) is 6.41. The highest BCUT2D eigenvalue weighted by molar-refractivity contribution is 5.98. The maximum absolute atomic E-state index is 13.4. The number of anilines is 3. The van der Waals surface area contributed by atoms with Crippen LogP contribution in [0.4, 0.5) is 21.9 Å². The van der Waals surface area contributed by atoms with Crippen molar-refractivity contribution in [1.29, 1.82) is 0 Å². The van der Waals surface area contributed by atoms with Gasteiger partial charge in [-0.05, 0) is 63.4 Å². The highest BCUT2D eigenvalue weighted by atomic mass is 16.6. The number of carboxylic acids is 1. The molecule has 2 aromatic carbocycles. The van der Waals surface area contributed by atoms with E-state index in [1.165, 1.54) is 13.2 Å². The summed E-state index contributed by atoms with van der Waals surface area (Å²) in [5.41, 5.74) is 0.491. The molecule has 9 heteroatoms. The first kappa shape index (κ1) is 27.6. The van der Waals surface area contributed by atoms with E-state index in [4.69, 9.17) is 13.9 Å². The lowest BCUT2D eigenvalue weighted by Gasteiger charge is -2.33. The third-order valence-electron chi connectivity index (χ3n) is 5.68. The second-order valence-electron chi connectivity index (χ2n) is 10.2. The molecule has 1 aromatic heterocycles. The number of aliphatic carboxylic acids is 1. The van der Waals surface area contributed by atoms with E-state index in [0.717, 1.165) is 4.90 Å². The average Bonchev–Trinajstić information content (AvgIpc) is 2.81. The number of nitrogens with zero attached hydrogens (tertiary/aromatic N) is 2. The van der Waals surface area contributed by atoms with Crippen LogP contribution in [0, 0.1) is 5.92 Å². The van der Waals surface area contributed by atoms with Crippen molar-refractivity contribution in [2.45, 2.75) is 52.7 Å². The lowest BCUT2D eigenvalue weighted by Crippen LogP contribution is -2.48. The highest BCUT2D eigenvalue weighted by Crippen LogP contribution is 2.38. The number of benzene rings is 2. The smallest absolute Gasteiger partial charge is 0.415 e. The molecule has 0 aliphatic heterocycles. The van der Waals surface area contributed by atoms with Gasteiger partial charge < -0.3 is 23.9 Å². The summed E-state index contributed by atoms with van der Waals surface area (Å²) in [6, 6.07) is 12.4. The molecule has 0 saturated heterocycles. The van der Waals surface area contributed by atoms with E-state index in [9.17, 15) is 19.5 Å². The Bertz CT molecular complexity index is 1340. The van der Waals surface area contributed by atoms with E-state index in [-0.39, 0.29) is 18.0 Å². The van der Waals surface area contributed by atoms with Crippen molar-refractivity contribution < 1.29 is 28.6 Å². The lowest BCUT2D eigenvalue weighted by molar-refractivity contribution is -0.139. The lowest BCUT2D eigenvalue weighted by atomic mass is 10.0. The molecule has 3 rings (SSSR count). The van der Waals surface area contributed by atoms with Gasteiger partial charge in [-0.25, -0.2) is 14.4 Å². The molecular formula is C28H34N2O7. The Morgan fingerprint density at radius 3 is 2.32 bits per heavy atom. The summed E-state index contributed by atoms with van der Waals surface area (Å²) in [4.78, 5) is 41.0. The zero-order valence-electron chi connectivity index (χ0n) is 22.3. The van der Waals surface area contributed by atoms with Gasteiger partial charge in [0.2, 0.25) is 0 Å². The highest BCUT2D eigenvalue weighted by Gasteiger charge is 2.36. The number of hydrogen-bond acceptors (Lipinski definition) is 7. The van der Waals surface area contributed by atoms with Crippen LogP contribution < -0.4 is 20.2 Å². The summed E-state index contributed by atoms with van der Waals surface area (Å²) in [6.45, 7) is 8.92. The number of amides is 1. The van der Waals surface area contributed by atoms with Crippen molar-refractivity contribution in [1.82, 2.24) is 0 Å². The number of carbonyl (C=O) groups is 2. The van der Waals surface area contributed by atoms with Gasteiger partial charge in [0.05, 0.1) is 18.5 Å². The van der Waals surface area contributed by atoms with Crippen LogP contribution in [0.25, 0.3) is 11.0 Å². The molecule has 0 unspecified atom stereocenters. The SMILES string of the molecule is COc1ccc(N(C)c2cc(=O)oc3ccccc23)cc1N(C(=O)OC(C)(C)C)[C@@H](CC(C)C)C(=O)O. The Labute approximate surface area is 216 Å². The van der Waals surface area contributed by atoms with Gasteiger partial charge in [0.25, 0.3) is 0 Å². The molecule has 1 N–H and O–H groups in total. The fraction of sp³-hybridized carbons (Fsp3) is 0.393. The number of carboxylic acid groups (broad SMARTS) is 1. The summed E-state index contributed by atoms with van der Waals surface area (Å²) in [5, 5.41) is 10.8. The maximum Gasteiger partial charge on any atom is 0.415 e. The summed E-state index contributed by atoms with van der Waals surface area (Å²) >= 11 is 0. The third-order valence-corrected chi connectivity index (χ3v) is 5.68. The molecular weight excluding hydrogens is 476 g/mol. The van der Waals surface area contributed by atoms with Gasteiger partial charge in [-0.2, -0.15) is 0 Å². The molecule has 0 aliphatic carbocycles. The molecule has 0 saturated carbocycles. The Morgan fingerprint density at radius 2 is 1.73 bits per heavy atom. The number of fused-ring (bicyclic) bond motifs is 1. The maximum atomic E-state index is 13.4. The van der Waals surface area contributed by atoms with Gasteiger partial charge in [0, 0.05) is 24.2 Å². The Morgan fingerprint density at radius 1 is 1.05 bits per heavy atom. The van der Waals surface area contributed by atoms with Crippen LogP contribution in [0.5, 0.6) is 5.75 Å². The van der Waals surface area contributed by atoms with E-state index in [1.54, 1.807) is 63.1 Å². The molecule has 1 amide bonds. The van der Waals surface area contributed by atoms with Crippen molar-refractivity contribution in [3.05, 3.63) is 59.0 Å². The summed E-state index contributed by atoms with van der Waals surface area (Å²) < 4.78 is 16.5. The van der Waals surface area contributed by atoms with Crippen LogP contribution in [-0.2, 0) is 9.53 Å². The first-order valence-corrected chi connectivity index (χ1v) is 12.0. The van der Waals surface area contributed by atoms with Crippen molar-refractivity contribution >= 4 is 40.1 Å². The summed E-state index contributed by atoms with van der Waals surface area (Å²) in [7, 11) is 3.22. The minimum Gasteiger partial charge on any atom is -0.495 e. The minimum atomic E-state index is -1.20. The molecule has 0 radical (unpaired) electrons. The normalized spacial score (nSPS) is 12.3. The molecule has 3 aromatic rings. The molecule has 37 heavy (non-hydrogen) atoms. The summed E-state index contributed by atoms with van der Waals surface area (Å²) in [6.07, 6.45) is -0.605. The monoisotopic (exact) mass is 510 g/mol. The largest absolute Gasteiger partial charge is 0.495 e. The van der Waals surface area contributed by atoms with Gasteiger partial charge in [0.1, 0.15) is 23.0 Å². The van der Waals surface area contributed by atoms with E-state index in [1.807, 2.05) is 26.0 Å². The van der Waals surface area contributed by atoms with Gasteiger partial charge >= 0.3 is 17.7 Å². The molecule has 198 valence electrons. The molecule has 9 nitrogen and oxygen atoms in total. The van der Waals surface area contributed by atoms with Gasteiger partial charge in [-0.3, -0.25) is 4.90 Å². The Hall–Kier alpha value is -4.01. The fourth-order valence-electron chi connectivity index (χ4n) is 4.05. The zero-order valence-corrected chi connectivity index (χ0v) is 22.3. The fourth-order valence-corrected chi connectivity index (χ4v) is 4.05. The van der Waals surface area contributed by atoms with Crippen LogP contribution in [-0.4, -0.2) is 43.0 Å². The van der Waals surface area contributed by atoms with Crippen molar-refractivity contribution in [2.24, 2.45) is 5.92 Å². The standard InChI is InChI=1S/C28H34N2O7/c1-17(2)14-22(26(32)33)30(27(34)37-28(3,4)5)21-15-18(12-13-24(21)35-7)29(6)20-16-25(31)36-23-11-9-8-10-19(20)23/h8-13,15-17,22H,14H2,1-7H3,(H,32,33)/t22-/m0/s1. The molecule has 0 fully saturated rings. The average molecular weight is 511 g/mol. The number of ether oxygens (including phenoxy) is 2. The van der Waals surface area contributed by atoms with Crippen LogP contribution in [0.1, 0.15) is 41.0 Å². The van der Waals surface area contributed by atoms with Crippen LogP contribution in [0.3, 0.4) is 0 Å². The van der Waals surface area contributed by atoms with Gasteiger partial charge in [-0.15, -0.1) is 0 Å². The van der Waals surface area contributed by atoms with E-state index < -0.39 is 29.3 Å². The molecule has 0 spiro atoms. The first-order chi connectivity index (χ1) is 17.3. The number of hydrogen-bond donors (Lipinski definition) is 1. The van der Waals surface area contributed by atoms with E-state index >= 15 is 0 Å². The molecule has 0 bridgehead atoms. The first-order valence-electron chi connectivity index (χ1n) is 12.0. The van der Waals surface area contributed by atoms with Gasteiger partial charge in [0.15, 0.2) is 0 Å². The van der Waals surface area contributed by atoms with Crippen LogP contribution in [0.2, 0.25) is 0 Å². The minimum absolute atomic E-state index is 0.0159. The molecule has 1 atom stereocenters. The number of carbonyl (C=O) groups excluding carboxylic acids is 1. The van der Waals surface area contributed by atoms with Crippen molar-refractivity contribution in [3.63, 3.8) is 0 Å². The van der Waals surface area contributed by atoms with Crippen LogP contribution >= 0.6 is 0 Å².